The molecule has 5 heteroatoms. The van der Waals surface area contributed by atoms with Crippen LogP contribution in [0.25, 0.3) is 11.0 Å². The smallest absolute Gasteiger partial charge is 0.410 e. The van der Waals surface area contributed by atoms with Crippen LogP contribution in [0.5, 0.6) is 0 Å². The molecule has 3 aromatic rings. The molecule has 1 aromatic carbocycles. The number of H-pyrrole nitrogens is 1. The maximum absolute atomic E-state index is 12.3. The van der Waals surface area contributed by atoms with E-state index in [1.54, 1.807) is 18.1 Å². The van der Waals surface area contributed by atoms with Crippen LogP contribution in [0.15, 0.2) is 54.9 Å². The molecule has 0 saturated heterocycles. The molecular formula is C22H27N3O2. The number of nitrogens with one attached hydrogen (secondary N) is 1. The maximum Gasteiger partial charge on any atom is 0.410 e. The lowest BCUT2D eigenvalue weighted by atomic mass is 9.88. The van der Waals surface area contributed by atoms with E-state index in [0.717, 1.165) is 17.5 Å². The molecule has 0 aliphatic rings. The van der Waals surface area contributed by atoms with Crippen molar-refractivity contribution in [3.63, 3.8) is 0 Å². The maximum atomic E-state index is 12.3. The summed E-state index contributed by atoms with van der Waals surface area (Å²) in [6, 6.07) is 14.4. The number of carbonyl (C=O) groups excluding carboxylic acids is 1. The van der Waals surface area contributed by atoms with E-state index in [9.17, 15) is 4.79 Å². The molecule has 142 valence electrons. The first-order valence-electron chi connectivity index (χ1n) is 9.26. The molecule has 0 aliphatic heterocycles. The quantitative estimate of drug-likeness (QED) is 0.696. The van der Waals surface area contributed by atoms with E-state index in [-0.39, 0.29) is 12.0 Å². The van der Waals surface area contributed by atoms with Gasteiger partial charge >= 0.3 is 6.09 Å². The number of benzene rings is 1. The van der Waals surface area contributed by atoms with Gasteiger partial charge in [-0.1, -0.05) is 30.3 Å². The number of aromatic amines is 1. The molecule has 0 unspecified atom stereocenters. The minimum Gasteiger partial charge on any atom is -0.444 e. The Bertz CT molecular complexity index is 897. The van der Waals surface area contributed by atoms with Crippen molar-refractivity contribution in [3.8, 4) is 0 Å². The Hall–Kier alpha value is -2.82. The third kappa shape index (κ3) is 4.67. The van der Waals surface area contributed by atoms with E-state index < -0.39 is 5.60 Å². The second kappa shape index (κ2) is 7.82. The summed E-state index contributed by atoms with van der Waals surface area (Å²) in [6.07, 6.45) is 4.32. The molecular weight excluding hydrogens is 338 g/mol. The zero-order chi connectivity index (χ0) is 19.4. The van der Waals surface area contributed by atoms with Gasteiger partial charge < -0.3 is 14.6 Å². The fourth-order valence-electron chi connectivity index (χ4n) is 3.21. The average molecular weight is 365 g/mol. The highest BCUT2D eigenvalue weighted by Crippen LogP contribution is 2.33. The van der Waals surface area contributed by atoms with Crippen molar-refractivity contribution in [3.05, 3.63) is 66.0 Å². The number of ether oxygens (including phenoxy) is 1. The highest BCUT2D eigenvalue weighted by Gasteiger charge is 2.23. The topological polar surface area (TPSA) is 58.2 Å². The van der Waals surface area contributed by atoms with Crippen LogP contribution in [0.2, 0.25) is 0 Å². The summed E-state index contributed by atoms with van der Waals surface area (Å²) in [5.41, 5.74) is 2.81. The average Bonchev–Trinajstić information content (AvgIpc) is 3.05. The summed E-state index contributed by atoms with van der Waals surface area (Å²) in [5.74, 6) is 0.161. The van der Waals surface area contributed by atoms with Crippen molar-refractivity contribution >= 4 is 17.1 Å². The highest BCUT2D eigenvalue weighted by atomic mass is 16.6. The van der Waals surface area contributed by atoms with Gasteiger partial charge in [0.2, 0.25) is 0 Å². The lowest BCUT2D eigenvalue weighted by Crippen LogP contribution is -2.35. The molecule has 3 rings (SSSR count). The number of fused-ring (bicyclic) bond motifs is 1. The highest BCUT2D eigenvalue weighted by molar-refractivity contribution is 5.80. The molecule has 2 aromatic heterocycles. The largest absolute Gasteiger partial charge is 0.444 e. The Morgan fingerprint density at radius 1 is 1.19 bits per heavy atom. The first-order valence-corrected chi connectivity index (χ1v) is 9.26. The van der Waals surface area contributed by atoms with E-state index in [1.807, 2.05) is 51.2 Å². The third-order valence-electron chi connectivity index (χ3n) is 4.52. The van der Waals surface area contributed by atoms with Crippen LogP contribution >= 0.6 is 0 Å². The van der Waals surface area contributed by atoms with Crippen molar-refractivity contribution in [2.24, 2.45) is 0 Å². The zero-order valence-electron chi connectivity index (χ0n) is 16.4. The molecule has 5 nitrogen and oxygen atoms in total. The molecule has 1 N–H and O–H groups in total. The van der Waals surface area contributed by atoms with Gasteiger partial charge in [-0.3, -0.25) is 0 Å². The van der Waals surface area contributed by atoms with Gasteiger partial charge in [0.25, 0.3) is 0 Å². The van der Waals surface area contributed by atoms with E-state index in [0.29, 0.717) is 6.54 Å². The standard InChI is InChI=1S/C22H27N3O2/c1-22(2,3)27-21(26)25(4)14-12-17(16-9-6-5-7-10-16)19-15-24-20-18(19)11-8-13-23-20/h5-11,13,15,17H,12,14H2,1-4H3,(H,23,24)/t17-/m0/s1. The Labute approximate surface area is 160 Å². The van der Waals surface area contributed by atoms with Crippen molar-refractivity contribution in [2.45, 2.75) is 38.7 Å². The SMILES string of the molecule is CN(CC[C@@H](c1ccccc1)c1c[nH]c2ncccc12)C(=O)OC(C)(C)C. The van der Waals surface area contributed by atoms with Gasteiger partial charge in [0, 0.05) is 37.3 Å². The van der Waals surface area contributed by atoms with Gasteiger partial charge in [0.1, 0.15) is 11.2 Å². The van der Waals surface area contributed by atoms with Crippen LogP contribution in [0.1, 0.15) is 44.2 Å². The predicted octanol–water partition coefficient (Wildman–Crippen LogP) is 4.95. The number of rotatable bonds is 5. The Morgan fingerprint density at radius 3 is 2.63 bits per heavy atom. The summed E-state index contributed by atoms with van der Waals surface area (Å²) < 4.78 is 5.47. The van der Waals surface area contributed by atoms with Crippen LogP contribution < -0.4 is 0 Å². The molecule has 0 fully saturated rings. The first kappa shape index (κ1) is 19.0. The summed E-state index contributed by atoms with van der Waals surface area (Å²) in [7, 11) is 1.78. The van der Waals surface area contributed by atoms with Gasteiger partial charge in [0.05, 0.1) is 0 Å². The number of pyridine rings is 1. The molecule has 1 amide bonds. The lowest BCUT2D eigenvalue weighted by molar-refractivity contribution is 0.0295. The Balaban J connectivity index is 1.83. The second-order valence-corrected chi connectivity index (χ2v) is 7.80. The van der Waals surface area contributed by atoms with E-state index in [2.05, 4.69) is 28.2 Å². The molecule has 0 aliphatic carbocycles. The summed E-state index contributed by atoms with van der Waals surface area (Å²) in [4.78, 5) is 21.6. The normalized spacial score (nSPS) is 12.7. The number of aromatic nitrogens is 2. The molecule has 0 saturated carbocycles. The molecule has 0 radical (unpaired) electrons. The van der Waals surface area contributed by atoms with Crippen LogP contribution in [-0.4, -0.2) is 40.2 Å². The van der Waals surface area contributed by atoms with Gasteiger partial charge in [0.15, 0.2) is 0 Å². The Kier molecular flexibility index (Phi) is 5.49. The summed E-state index contributed by atoms with van der Waals surface area (Å²) in [5, 5.41) is 1.12. The zero-order valence-corrected chi connectivity index (χ0v) is 16.4. The number of carbonyl (C=O) groups is 1. The summed E-state index contributed by atoms with van der Waals surface area (Å²) >= 11 is 0. The minimum atomic E-state index is -0.493. The van der Waals surface area contributed by atoms with Crippen molar-refractivity contribution in [1.82, 2.24) is 14.9 Å². The Morgan fingerprint density at radius 2 is 1.93 bits per heavy atom. The fraction of sp³-hybridized carbons (Fsp3) is 0.364. The van der Waals surface area contributed by atoms with Crippen LogP contribution in [0.3, 0.4) is 0 Å². The van der Waals surface area contributed by atoms with Crippen molar-refractivity contribution in [1.29, 1.82) is 0 Å². The molecule has 27 heavy (non-hydrogen) atoms. The molecule has 1 atom stereocenters. The number of hydrogen-bond donors (Lipinski definition) is 1. The molecule has 2 heterocycles. The lowest BCUT2D eigenvalue weighted by Gasteiger charge is -2.26. The van der Waals surface area contributed by atoms with Gasteiger partial charge in [-0.2, -0.15) is 0 Å². The van der Waals surface area contributed by atoms with E-state index >= 15 is 0 Å². The monoisotopic (exact) mass is 365 g/mol. The van der Waals surface area contributed by atoms with Gasteiger partial charge in [-0.25, -0.2) is 9.78 Å². The van der Waals surface area contributed by atoms with Crippen LogP contribution in [-0.2, 0) is 4.74 Å². The van der Waals surface area contributed by atoms with E-state index in [1.165, 1.54) is 11.1 Å². The number of hydrogen-bond acceptors (Lipinski definition) is 3. The molecule has 0 bridgehead atoms. The minimum absolute atomic E-state index is 0.161. The number of nitrogens with zero attached hydrogens (tertiary/aromatic N) is 2. The van der Waals surface area contributed by atoms with Crippen LogP contribution in [0.4, 0.5) is 4.79 Å². The van der Waals surface area contributed by atoms with Crippen LogP contribution in [0, 0.1) is 0 Å². The third-order valence-corrected chi connectivity index (χ3v) is 4.52. The second-order valence-electron chi connectivity index (χ2n) is 7.80. The molecule has 0 spiro atoms. The number of amides is 1. The van der Waals surface area contributed by atoms with Gasteiger partial charge in [-0.05, 0) is 50.5 Å². The summed E-state index contributed by atoms with van der Waals surface area (Å²) in [6.45, 7) is 6.24. The predicted molar refractivity (Wildman–Crippen MR) is 108 cm³/mol. The van der Waals surface area contributed by atoms with E-state index in [4.69, 9.17) is 4.74 Å². The van der Waals surface area contributed by atoms with Crippen molar-refractivity contribution < 1.29 is 9.53 Å². The first-order chi connectivity index (χ1) is 12.8. The fourth-order valence-corrected chi connectivity index (χ4v) is 3.21. The van der Waals surface area contributed by atoms with Crippen molar-refractivity contribution in [2.75, 3.05) is 13.6 Å². The van der Waals surface area contributed by atoms with Gasteiger partial charge in [-0.15, -0.1) is 0 Å².